The SMILES string of the molecule is NC(=S)NN=CC(O)C(O)C(O)C(O)C(=O)O. The van der Waals surface area contributed by atoms with Gasteiger partial charge in [0.1, 0.15) is 18.3 Å². The van der Waals surface area contributed by atoms with Crippen LogP contribution < -0.4 is 11.2 Å². The van der Waals surface area contributed by atoms with E-state index >= 15 is 0 Å². The Kier molecular flexibility index (Phi) is 6.53. The molecule has 4 unspecified atom stereocenters. The number of thiocarbonyl (C=S) groups is 1. The first-order valence-electron chi connectivity index (χ1n) is 4.31. The Morgan fingerprint density at radius 3 is 2.24 bits per heavy atom. The summed E-state index contributed by atoms with van der Waals surface area (Å²) in [4.78, 5) is 10.3. The zero-order valence-corrected chi connectivity index (χ0v) is 9.28. The summed E-state index contributed by atoms with van der Waals surface area (Å²) in [6.45, 7) is 0. The smallest absolute Gasteiger partial charge is 0.335 e. The number of nitrogens with zero attached hydrogens (tertiary/aromatic N) is 1. The molecule has 0 aromatic heterocycles. The summed E-state index contributed by atoms with van der Waals surface area (Å²) in [5, 5.41) is 48.0. The normalized spacial score (nSPS) is 18.4. The molecule has 4 atom stereocenters. The number of carbonyl (C=O) groups is 1. The number of aliphatic carboxylic acids is 1. The van der Waals surface area contributed by atoms with Gasteiger partial charge in [0.2, 0.25) is 0 Å². The maximum atomic E-state index is 10.3. The molecule has 0 amide bonds. The molecule has 10 heteroatoms. The van der Waals surface area contributed by atoms with Crippen LogP contribution in [0.25, 0.3) is 0 Å². The van der Waals surface area contributed by atoms with E-state index in [0.29, 0.717) is 0 Å². The molecule has 0 aliphatic heterocycles. The van der Waals surface area contributed by atoms with Crippen molar-refractivity contribution in [3.63, 3.8) is 0 Å². The average molecular weight is 267 g/mol. The average Bonchev–Trinajstić information content (AvgIpc) is 2.25. The van der Waals surface area contributed by atoms with Gasteiger partial charge >= 0.3 is 5.97 Å². The molecule has 0 spiro atoms. The molecular formula is C7H13N3O6S. The lowest BCUT2D eigenvalue weighted by atomic mass is 10.0. The highest BCUT2D eigenvalue weighted by atomic mass is 32.1. The molecule has 0 aromatic rings. The van der Waals surface area contributed by atoms with E-state index in [1.807, 2.05) is 0 Å². The molecular weight excluding hydrogens is 254 g/mol. The van der Waals surface area contributed by atoms with Gasteiger partial charge in [-0.3, -0.25) is 5.43 Å². The minimum Gasteiger partial charge on any atom is -0.479 e. The Labute approximate surface area is 101 Å². The molecule has 0 radical (unpaired) electrons. The van der Waals surface area contributed by atoms with E-state index in [2.05, 4.69) is 22.7 Å². The molecule has 0 saturated heterocycles. The molecule has 0 rings (SSSR count). The number of nitrogens with two attached hydrogens (primary N) is 1. The Bertz CT molecular complexity index is 312. The van der Waals surface area contributed by atoms with Crippen molar-refractivity contribution in [2.24, 2.45) is 10.8 Å². The maximum Gasteiger partial charge on any atom is 0.335 e. The van der Waals surface area contributed by atoms with Crippen LogP contribution in [0, 0.1) is 0 Å². The maximum absolute atomic E-state index is 10.3. The number of aliphatic hydroxyl groups is 4. The number of aliphatic hydroxyl groups excluding tert-OH is 4. The van der Waals surface area contributed by atoms with Gasteiger partial charge in [0.25, 0.3) is 0 Å². The topological polar surface area (TPSA) is 169 Å². The minimum absolute atomic E-state index is 0.186. The van der Waals surface area contributed by atoms with E-state index in [1.165, 1.54) is 0 Å². The molecule has 98 valence electrons. The van der Waals surface area contributed by atoms with Gasteiger partial charge in [-0.05, 0) is 12.2 Å². The molecule has 17 heavy (non-hydrogen) atoms. The summed E-state index contributed by atoms with van der Waals surface area (Å²) in [6, 6.07) is 0. The summed E-state index contributed by atoms with van der Waals surface area (Å²) in [5.41, 5.74) is 7.07. The highest BCUT2D eigenvalue weighted by molar-refractivity contribution is 7.80. The van der Waals surface area contributed by atoms with Crippen LogP contribution in [0.15, 0.2) is 5.10 Å². The largest absolute Gasteiger partial charge is 0.479 e. The van der Waals surface area contributed by atoms with Crippen molar-refractivity contribution in [3.8, 4) is 0 Å². The van der Waals surface area contributed by atoms with Crippen molar-refractivity contribution in [1.82, 2.24) is 5.43 Å². The first-order valence-corrected chi connectivity index (χ1v) is 4.72. The number of carboxylic acid groups (broad SMARTS) is 1. The van der Waals surface area contributed by atoms with Crippen molar-refractivity contribution >= 4 is 29.5 Å². The van der Waals surface area contributed by atoms with E-state index in [0.717, 1.165) is 6.21 Å². The lowest BCUT2D eigenvalue weighted by Gasteiger charge is -2.22. The Morgan fingerprint density at radius 2 is 1.82 bits per heavy atom. The van der Waals surface area contributed by atoms with Crippen molar-refractivity contribution in [2.45, 2.75) is 24.4 Å². The molecule has 0 aliphatic rings. The highest BCUT2D eigenvalue weighted by Crippen LogP contribution is 2.04. The molecule has 8 N–H and O–H groups in total. The van der Waals surface area contributed by atoms with Gasteiger partial charge in [-0.2, -0.15) is 5.10 Å². The fourth-order valence-corrected chi connectivity index (χ4v) is 0.853. The molecule has 0 aliphatic carbocycles. The van der Waals surface area contributed by atoms with Gasteiger partial charge < -0.3 is 31.3 Å². The molecule has 0 fully saturated rings. The Morgan fingerprint density at radius 1 is 1.29 bits per heavy atom. The van der Waals surface area contributed by atoms with Crippen molar-refractivity contribution in [1.29, 1.82) is 0 Å². The van der Waals surface area contributed by atoms with Crippen molar-refractivity contribution in [2.75, 3.05) is 0 Å². The van der Waals surface area contributed by atoms with Crippen LogP contribution in [0.3, 0.4) is 0 Å². The number of hydrogen-bond acceptors (Lipinski definition) is 7. The van der Waals surface area contributed by atoms with Crippen LogP contribution in [-0.4, -0.2) is 67.2 Å². The number of hydrogen-bond donors (Lipinski definition) is 7. The molecule has 0 aromatic carbocycles. The number of nitrogens with one attached hydrogen (secondary N) is 1. The van der Waals surface area contributed by atoms with E-state index in [1.54, 1.807) is 0 Å². The van der Waals surface area contributed by atoms with E-state index in [9.17, 15) is 15.0 Å². The standard InChI is InChI=1S/C7H13N3O6S/c8-7(17)10-9-1-2(11)3(12)4(13)5(14)6(15)16/h1-5,11-14H,(H,15,16)(H3,8,10,17). The van der Waals surface area contributed by atoms with E-state index in [4.69, 9.17) is 21.1 Å². The van der Waals surface area contributed by atoms with Crippen molar-refractivity contribution < 1.29 is 30.3 Å². The number of rotatable bonds is 6. The summed E-state index contributed by atoms with van der Waals surface area (Å²) in [5.74, 6) is -1.73. The molecule has 0 heterocycles. The third-order valence-electron chi connectivity index (χ3n) is 1.68. The van der Waals surface area contributed by atoms with E-state index < -0.39 is 30.4 Å². The van der Waals surface area contributed by atoms with Crippen LogP contribution in [0.4, 0.5) is 0 Å². The van der Waals surface area contributed by atoms with Gasteiger partial charge in [-0.1, -0.05) is 0 Å². The monoisotopic (exact) mass is 267 g/mol. The summed E-state index contributed by atoms with van der Waals surface area (Å²) in [7, 11) is 0. The third kappa shape index (κ3) is 5.51. The van der Waals surface area contributed by atoms with Gasteiger partial charge in [-0.15, -0.1) is 0 Å². The van der Waals surface area contributed by atoms with Crippen LogP contribution in [0.2, 0.25) is 0 Å². The van der Waals surface area contributed by atoms with Gasteiger partial charge in [0.15, 0.2) is 11.2 Å². The van der Waals surface area contributed by atoms with Crippen molar-refractivity contribution in [3.05, 3.63) is 0 Å². The lowest BCUT2D eigenvalue weighted by molar-refractivity contribution is -0.160. The zero-order chi connectivity index (χ0) is 13.6. The zero-order valence-electron chi connectivity index (χ0n) is 8.46. The second-order valence-electron chi connectivity index (χ2n) is 3.01. The Balaban J connectivity index is 4.38. The van der Waals surface area contributed by atoms with Crippen LogP contribution in [-0.2, 0) is 4.79 Å². The first kappa shape index (κ1) is 15.7. The van der Waals surface area contributed by atoms with Gasteiger partial charge in [0, 0.05) is 0 Å². The van der Waals surface area contributed by atoms with Crippen LogP contribution in [0.1, 0.15) is 0 Å². The van der Waals surface area contributed by atoms with Crippen LogP contribution >= 0.6 is 12.2 Å². The van der Waals surface area contributed by atoms with E-state index in [-0.39, 0.29) is 5.11 Å². The predicted octanol–water partition coefficient (Wildman–Crippen LogP) is -3.67. The quantitative estimate of drug-likeness (QED) is 0.146. The minimum atomic E-state index is -2.23. The summed E-state index contributed by atoms with van der Waals surface area (Å²) >= 11 is 4.38. The Hall–Kier alpha value is -1.33. The molecule has 9 nitrogen and oxygen atoms in total. The molecule has 0 bridgehead atoms. The fraction of sp³-hybridized carbons (Fsp3) is 0.571. The second-order valence-corrected chi connectivity index (χ2v) is 3.45. The summed E-state index contributed by atoms with van der Waals surface area (Å²) in [6.07, 6.45) is -7.20. The number of hydrazone groups is 1. The van der Waals surface area contributed by atoms with Gasteiger partial charge in [0.05, 0.1) is 6.21 Å². The summed E-state index contributed by atoms with van der Waals surface area (Å²) < 4.78 is 0. The highest BCUT2D eigenvalue weighted by Gasteiger charge is 2.33. The second kappa shape index (κ2) is 7.09. The van der Waals surface area contributed by atoms with Crippen LogP contribution in [0.5, 0.6) is 0 Å². The lowest BCUT2D eigenvalue weighted by Crippen LogP contribution is -2.48. The van der Waals surface area contributed by atoms with Gasteiger partial charge in [-0.25, -0.2) is 4.79 Å². The number of carboxylic acids is 1. The first-order chi connectivity index (χ1) is 7.77. The fourth-order valence-electron chi connectivity index (χ4n) is 0.800. The predicted molar refractivity (Wildman–Crippen MR) is 60.1 cm³/mol. The third-order valence-corrected chi connectivity index (χ3v) is 1.77. The molecule has 0 saturated carbocycles.